The summed E-state index contributed by atoms with van der Waals surface area (Å²) in [5.41, 5.74) is 2.02. The third-order valence-electron chi connectivity index (χ3n) is 2.26. The molecule has 0 bridgehead atoms. The molecule has 1 heteroatoms. The van der Waals surface area contributed by atoms with Gasteiger partial charge in [-0.25, -0.2) is 0 Å². The van der Waals surface area contributed by atoms with Crippen LogP contribution in [0.5, 0.6) is 0 Å². The van der Waals surface area contributed by atoms with E-state index in [-0.39, 0.29) is 5.54 Å². The summed E-state index contributed by atoms with van der Waals surface area (Å²) in [7, 11) is 0. The van der Waals surface area contributed by atoms with E-state index < -0.39 is 0 Å². The SMILES string of the molecule is CC(C)(C)Cc1ccn(C(C)(C)C)c1. The summed E-state index contributed by atoms with van der Waals surface area (Å²) in [4.78, 5) is 0. The minimum atomic E-state index is 0.204. The molecule has 0 unspecified atom stereocenters. The molecule has 0 fully saturated rings. The Bertz CT molecular complexity index is 294. The van der Waals surface area contributed by atoms with Crippen molar-refractivity contribution >= 4 is 0 Å². The third kappa shape index (κ3) is 3.21. The van der Waals surface area contributed by atoms with E-state index in [1.54, 1.807) is 0 Å². The van der Waals surface area contributed by atoms with E-state index in [1.165, 1.54) is 5.56 Å². The molecule has 0 aromatic carbocycles. The zero-order valence-corrected chi connectivity index (χ0v) is 10.4. The molecule has 1 aromatic rings. The number of hydrogen-bond acceptors (Lipinski definition) is 0. The molecule has 0 amide bonds. The van der Waals surface area contributed by atoms with Crippen LogP contribution in [-0.2, 0) is 12.0 Å². The highest BCUT2D eigenvalue weighted by Crippen LogP contribution is 2.23. The van der Waals surface area contributed by atoms with Crippen LogP contribution in [-0.4, -0.2) is 4.57 Å². The van der Waals surface area contributed by atoms with Crippen molar-refractivity contribution in [2.24, 2.45) is 5.41 Å². The van der Waals surface area contributed by atoms with E-state index in [0.29, 0.717) is 5.41 Å². The molecule has 0 aliphatic heterocycles. The maximum absolute atomic E-state index is 2.29. The Morgan fingerprint density at radius 3 is 2.00 bits per heavy atom. The molecule has 0 aliphatic carbocycles. The molecule has 80 valence electrons. The second kappa shape index (κ2) is 3.45. The van der Waals surface area contributed by atoms with Crippen molar-refractivity contribution in [3.05, 3.63) is 24.0 Å². The number of nitrogens with zero attached hydrogens (tertiary/aromatic N) is 1. The first-order valence-corrected chi connectivity index (χ1v) is 5.36. The minimum Gasteiger partial charge on any atom is -0.349 e. The molecule has 0 spiro atoms. The van der Waals surface area contributed by atoms with E-state index >= 15 is 0 Å². The lowest BCUT2D eigenvalue weighted by molar-refractivity contribution is 0.391. The van der Waals surface area contributed by atoms with Crippen molar-refractivity contribution in [2.45, 2.75) is 53.5 Å². The molecule has 1 heterocycles. The molecule has 1 aromatic heterocycles. The van der Waals surface area contributed by atoms with Crippen LogP contribution in [0.1, 0.15) is 47.1 Å². The molecule has 0 saturated carbocycles. The smallest absolute Gasteiger partial charge is 0.0355 e. The van der Waals surface area contributed by atoms with Crippen molar-refractivity contribution in [3.8, 4) is 0 Å². The fourth-order valence-corrected chi connectivity index (χ4v) is 1.57. The van der Waals surface area contributed by atoms with Gasteiger partial charge in [-0.2, -0.15) is 0 Å². The van der Waals surface area contributed by atoms with Crippen molar-refractivity contribution in [3.63, 3.8) is 0 Å². The van der Waals surface area contributed by atoms with E-state index in [9.17, 15) is 0 Å². The average Bonchev–Trinajstić information content (AvgIpc) is 2.29. The van der Waals surface area contributed by atoms with Gasteiger partial charge >= 0.3 is 0 Å². The van der Waals surface area contributed by atoms with E-state index in [2.05, 4.69) is 64.6 Å². The first kappa shape index (κ1) is 11.4. The van der Waals surface area contributed by atoms with Gasteiger partial charge in [0.1, 0.15) is 0 Å². The first-order chi connectivity index (χ1) is 6.18. The van der Waals surface area contributed by atoms with Crippen molar-refractivity contribution in [1.29, 1.82) is 0 Å². The summed E-state index contributed by atoms with van der Waals surface area (Å²) >= 11 is 0. The lowest BCUT2D eigenvalue weighted by atomic mass is 9.89. The summed E-state index contributed by atoms with van der Waals surface area (Å²) in [6.45, 7) is 13.5. The standard InChI is InChI=1S/C13H23N/c1-12(2,3)9-11-7-8-14(10-11)13(4,5)6/h7-8,10H,9H2,1-6H3. The molecular formula is C13H23N. The van der Waals surface area contributed by atoms with Gasteiger partial charge in [0.2, 0.25) is 0 Å². The first-order valence-electron chi connectivity index (χ1n) is 5.36. The van der Waals surface area contributed by atoms with Crippen LogP contribution < -0.4 is 0 Å². The Balaban J connectivity index is 2.79. The normalized spacial score (nSPS) is 13.3. The Kier molecular flexibility index (Phi) is 2.80. The summed E-state index contributed by atoms with van der Waals surface area (Å²) < 4.78 is 2.29. The highest BCUT2D eigenvalue weighted by Gasteiger charge is 2.15. The number of rotatable bonds is 1. The molecule has 0 radical (unpaired) electrons. The topological polar surface area (TPSA) is 4.93 Å². The highest BCUT2D eigenvalue weighted by atomic mass is 15.0. The summed E-state index contributed by atoms with van der Waals surface area (Å²) in [6, 6.07) is 2.23. The van der Waals surface area contributed by atoms with Crippen LogP contribution >= 0.6 is 0 Å². The summed E-state index contributed by atoms with van der Waals surface area (Å²) in [5, 5.41) is 0. The zero-order chi connectivity index (χ0) is 11.0. The molecule has 0 aliphatic rings. The van der Waals surface area contributed by atoms with Gasteiger partial charge in [-0.3, -0.25) is 0 Å². The maximum Gasteiger partial charge on any atom is 0.0355 e. The van der Waals surface area contributed by atoms with Crippen molar-refractivity contribution < 1.29 is 0 Å². The quantitative estimate of drug-likeness (QED) is 0.639. The van der Waals surface area contributed by atoms with Crippen LogP contribution in [0.4, 0.5) is 0 Å². The lowest BCUT2D eigenvalue weighted by Crippen LogP contribution is -2.19. The minimum absolute atomic E-state index is 0.204. The van der Waals surface area contributed by atoms with Gasteiger partial charge in [-0.15, -0.1) is 0 Å². The Hall–Kier alpha value is -0.720. The van der Waals surface area contributed by atoms with Crippen LogP contribution in [0.15, 0.2) is 18.5 Å². The Labute approximate surface area is 88.1 Å². The third-order valence-corrected chi connectivity index (χ3v) is 2.26. The molecule has 1 nitrogen and oxygen atoms in total. The summed E-state index contributed by atoms with van der Waals surface area (Å²) in [5.74, 6) is 0. The van der Waals surface area contributed by atoms with Crippen LogP contribution in [0.3, 0.4) is 0 Å². The lowest BCUT2D eigenvalue weighted by Gasteiger charge is -2.21. The van der Waals surface area contributed by atoms with Crippen LogP contribution in [0, 0.1) is 5.41 Å². The fourth-order valence-electron chi connectivity index (χ4n) is 1.57. The molecule has 14 heavy (non-hydrogen) atoms. The van der Waals surface area contributed by atoms with E-state index in [4.69, 9.17) is 0 Å². The van der Waals surface area contributed by atoms with Gasteiger partial charge in [-0.05, 0) is 44.2 Å². The fraction of sp³-hybridized carbons (Fsp3) is 0.692. The molecule has 0 saturated heterocycles. The van der Waals surface area contributed by atoms with Gasteiger partial charge in [0.25, 0.3) is 0 Å². The summed E-state index contributed by atoms with van der Waals surface area (Å²) in [6.07, 6.45) is 5.60. The average molecular weight is 193 g/mol. The maximum atomic E-state index is 2.29. The largest absolute Gasteiger partial charge is 0.349 e. The van der Waals surface area contributed by atoms with Gasteiger partial charge in [0.15, 0.2) is 0 Å². The van der Waals surface area contributed by atoms with Gasteiger partial charge in [0.05, 0.1) is 0 Å². The van der Waals surface area contributed by atoms with Gasteiger partial charge in [-0.1, -0.05) is 20.8 Å². The Morgan fingerprint density at radius 1 is 1.07 bits per heavy atom. The van der Waals surface area contributed by atoms with E-state index in [0.717, 1.165) is 6.42 Å². The molecule has 1 rings (SSSR count). The monoisotopic (exact) mass is 193 g/mol. The second-order valence-corrected chi connectivity index (χ2v) is 6.34. The molecular weight excluding hydrogens is 170 g/mol. The predicted molar refractivity (Wildman–Crippen MR) is 62.6 cm³/mol. The van der Waals surface area contributed by atoms with Crippen molar-refractivity contribution in [2.75, 3.05) is 0 Å². The van der Waals surface area contributed by atoms with Crippen LogP contribution in [0.25, 0.3) is 0 Å². The number of aromatic nitrogens is 1. The van der Waals surface area contributed by atoms with Crippen LogP contribution in [0.2, 0.25) is 0 Å². The Morgan fingerprint density at radius 2 is 1.64 bits per heavy atom. The van der Waals surface area contributed by atoms with Gasteiger partial charge in [0, 0.05) is 17.9 Å². The molecule has 0 N–H and O–H groups in total. The van der Waals surface area contributed by atoms with Crippen molar-refractivity contribution in [1.82, 2.24) is 4.57 Å². The zero-order valence-electron chi connectivity index (χ0n) is 10.4. The number of hydrogen-bond donors (Lipinski definition) is 0. The van der Waals surface area contributed by atoms with E-state index in [1.807, 2.05) is 0 Å². The van der Waals surface area contributed by atoms with Gasteiger partial charge < -0.3 is 4.57 Å². The molecule has 0 atom stereocenters. The highest BCUT2D eigenvalue weighted by molar-refractivity contribution is 5.13. The predicted octanol–water partition coefficient (Wildman–Crippen LogP) is 3.83. The second-order valence-electron chi connectivity index (χ2n) is 6.34.